The number of primary amides is 1. The molecule has 0 aliphatic heterocycles. The van der Waals surface area contributed by atoms with Crippen LogP contribution in [0, 0.1) is 0 Å². The molecule has 1 unspecified atom stereocenters. The molecule has 1 aromatic rings. The number of aryl methyl sites for hydroxylation is 1. The van der Waals surface area contributed by atoms with Crippen LogP contribution in [0.15, 0.2) is 24.3 Å². The molecular formula is C13H20N2O. The second-order valence-electron chi connectivity index (χ2n) is 3.88. The van der Waals surface area contributed by atoms with E-state index in [-0.39, 0.29) is 11.9 Å². The minimum Gasteiger partial charge on any atom is -0.370 e. The van der Waals surface area contributed by atoms with Crippen molar-refractivity contribution in [2.24, 2.45) is 5.73 Å². The predicted octanol–water partition coefficient (Wildman–Crippen LogP) is 1.77. The van der Waals surface area contributed by atoms with E-state index in [1.165, 1.54) is 5.56 Å². The minimum absolute atomic E-state index is 0.0356. The lowest BCUT2D eigenvalue weighted by atomic mass is 10.0. The quantitative estimate of drug-likeness (QED) is 0.767. The van der Waals surface area contributed by atoms with Crippen molar-refractivity contribution in [2.75, 3.05) is 6.54 Å². The molecule has 0 aliphatic carbocycles. The molecular weight excluding hydrogens is 200 g/mol. The van der Waals surface area contributed by atoms with Gasteiger partial charge in [-0.2, -0.15) is 0 Å². The van der Waals surface area contributed by atoms with Crippen LogP contribution in [-0.2, 0) is 11.2 Å². The molecule has 1 aromatic carbocycles. The van der Waals surface area contributed by atoms with E-state index in [1.54, 1.807) is 0 Å². The lowest BCUT2D eigenvalue weighted by Crippen LogP contribution is -2.26. The molecule has 3 nitrogen and oxygen atoms in total. The number of carbonyl (C=O) groups is 1. The van der Waals surface area contributed by atoms with Crippen LogP contribution in [0.1, 0.15) is 37.4 Å². The van der Waals surface area contributed by atoms with Crippen LogP contribution < -0.4 is 11.1 Å². The van der Waals surface area contributed by atoms with Crippen molar-refractivity contribution in [2.45, 2.75) is 32.7 Å². The highest BCUT2D eigenvalue weighted by Gasteiger charge is 2.12. The van der Waals surface area contributed by atoms with Crippen LogP contribution in [0.5, 0.6) is 0 Å². The van der Waals surface area contributed by atoms with Gasteiger partial charge >= 0.3 is 0 Å². The van der Waals surface area contributed by atoms with Gasteiger partial charge in [-0.15, -0.1) is 0 Å². The van der Waals surface area contributed by atoms with Gasteiger partial charge in [0.1, 0.15) is 0 Å². The van der Waals surface area contributed by atoms with E-state index < -0.39 is 0 Å². The summed E-state index contributed by atoms with van der Waals surface area (Å²) in [4.78, 5) is 11.0. The zero-order chi connectivity index (χ0) is 12.0. The number of hydrogen-bond acceptors (Lipinski definition) is 2. The summed E-state index contributed by atoms with van der Waals surface area (Å²) in [5.41, 5.74) is 7.66. The minimum atomic E-state index is -0.273. The highest BCUT2D eigenvalue weighted by atomic mass is 16.1. The first-order valence-corrected chi connectivity index (χ1v) is 5.77. The fraction of sp³-hybridized carbons (Fsp3) is 0.462. The first kappa shape index (κ1) is 12.7. The summed E-state index contributed by atoms with van der Waals surface area (Å²) in [5.74, 6) is -0.273. The molecule has 16 heavy (non-hydrogen) atoms. The Labute approximate surface area is 97.0 Å². The topological polar surface area (TPSA) is 55.1 Å². The van der Waals surface area contributed by atoms with Gasteiger partial charge in [0.15, 0.2) is 0 Å². The third kappa shape index (κ3) is 3.66. The molecule has 0 saturated carbocycles. The first-order valence-electron chi connectivity index (χ1n) is 5.77. The molecule has 0 heterocycles. The smallest absolute Gasteiger partial charge is 0.219 e. The summed E-state index contributed by atoms with van der Waals surface area (Å²) in [6.07, 6.45) is 1.38. The van der Waals surface area contributed by atoms with E-state index in [4.69, 9.17) is 5.73 Å². The Bertz CT molecular complexity index is 332. The van der Waals surface area contributed by atoms with Crippen molar-refractivity contribution in [1.82, 2.24) is 5.32 Å². The number of nitrogens with two attached hydrogens (primary N) is 1. The van der Waals surface area contributed by atoms with Crippen LogP contribution in [0.2, 0.25) is 0 Å². The molecule has 88 valence electrons. The van der Waals surface area contributed by atoms with Crippen molar-refractivity contribution in [3.8, 4) is 0 Å². The van der Waals surface area contributed by atoms with Gasteiger partial charge in [0.25, 0.3) is 0 Å². The van der Waals surface area contributed by atoms with Gasteiger partial charge < -0.3 is 11.1 Å². The Hall–Kier alpha value is -1.35. The highest BCUT2D eigenvalue weighted by Crippen LogP contribution is 2.17. The van der Waals surface area contributed by atoms with Gasteiger partial charge in [0.05, 0.1) is 0 Å². The Morgan fingerprint density at radius 2 is 1.94 bits per heavy atom. The van der Waals surface area contributed by atoms with E-state index in [9.17, 15) is 4.79 Å². The van der Waals surface area contributed by atoms with Crippen LogP contribution in [0.25, 0.3) is 0 Å². The molecule has 0 spiro atoms. The lowest BCUT2D eigenvalue weighted by molar-refractivity contribution is -0.118. The van der Waals surface area contributed by atoms with Gasteiger partial charge in [-0.25, -0.2) is 0 Å². The molecule has 0 aliphatic rings. The molecule has 0 fully saturated rings. The van der Waals surface area contributed by atoms with Crippen LogP contribution in [0.3, 0.4) is 0 Å². The maximum atomic E-state index is 11.0. The van der Waals surface area contributed by atoms with Crippen LogP contribution >= 0.6 is 0 Å². The second-order valence-corrected chi connectivity index (χ2v) is 3.88. The fourth-order valence-corrected chi connectivity index (χ4v) is 1.74. The van der Waals surface area contributed by atoms with E-state index in [0.717, 1.165) is 18.5 Å². The van der Waals surface area contributed by atoms with Crippen molar-refractivity contribution >= 4 is 5.91 Å². The van der Waals surface area contributed by atoms with E-state index in [0.29, 0.717) is 6.42 Å². The number of amides is 1. The monoisotopic (exact) mass is 220 g/mol. The summed E-state index contributed by atoms with van der Waals surface area (Å²) in [6.45, 7) is 4.97. The number of benzene rings is 1. The van der Waals surface area contributed by atoms with Gasteiger partial charge in [0, 0.05) is 12.5 Å². The molecule has 0 bridgehead atoms. The molecule has 1 atom stereocenters. The van der Waals surface area contributed by atoms with Crippen LogP contribution in [0.4, 0.5) is 0 Å². The molecule has 0 aromatic heterocycles. The number of hydrogen-bond donors (Lipinski definition) is 2. The standard InChI is InChI=1S/C13H20N2O/c1-3-10-5-7-11(8-6-10)12(15-4-2)9-13(14)16/h5-8,12,15H,3-4,9H2,1-2H3,(H2,14,16). The van der Waals surface area contributed by atoms with Crippen molar-refractivity contribution < 1.29 is 4.79 Å². The first-order chi connectivity index (χ1) is 7.67. The molecule has 0 saturated heterocycles. The lowest BCUT2D eigenvalue weighted by Gasteiger charge is -2.16. The van der Waals surface area contributed by atoms with E-state index in [1.807, 2.05) is 6.92 Å². The maximum absolute atomic E-state index is 11.0. The summed E-state index contributed by atoms with van der Waals surface area (Å²) >= 11 is 0. The van der Waals surface area contributed by atoms with Crippen molar-refractivity contribution in [3.63, 3.8) is 0 Å². The summed E-state index contributed by atoms with van der Waals surface area (Å²) in [5, 5.41) is 3.27. The zero-order valence-corrected chi connectivity index (χ0v) is 9.99. The van der Waals surface area contributed by atoms with E-state index in [2.05, 4.69) is 36.5 Å². The third-order valence-corrected chi connectivity index (χ3v) is 2.65. The van der Waals surface area contributed by atoms with Gasteiger partial charge in [-0.3, -0.25) is 4.79 Å². The molecule has 0 radical (unpaired) electrons. The summed E-state index contributed by atoms with van der Waals surface area (Å²) in [6, 6.07) is 8.36. The number of carbonyl (C=O) groups excluding carboxylic acids is 1. The number of rotatable bonds is 6. The molecule has 1 rings (SSSR count). The van der Waals surface area contributed by atoms with Gasteiger partial charge in [0.2, 0.25) is 5.91 Å². The fourth-order valence-electron chi connectivity index (χ4n) is 1.74. The summed E-state index contributed by atoms with van der Waals surface area (Å²) < 4.78 is 0. The van der Waals surface area contributed by atoms with Gasteiger partial charge in [-0.05, 0) is 24.1 Å². The predicted molar refractivity (Wildman–Crippen MR) is 66.0 cm³/mol. The average molecular weight is 220 g/mol. The Morgan fingerprint density at radius 1 is 1.31 bits per heavy atom. The maximum Gasteiger partial charge on any atom is 0.219 e. The Morgan fingerprint density at radius 3 is 2.38 bits per heavy atom. The van der Waals surface area contributed by atoms with Crippen LogP contribution in [-0.4, -0.2) is 12.5 Å². The second kappa shape index (κ2) is 6.28. The normalized spacial score (nSPS) is 12.4. The SMILES string of the molecule is CCNC(CC(N)=O)c1ccc(CC)cc1. The Balaban J connectivity index is 2.79. The average Bonchev–Trinajstić information content (AvgIpc) is 2.28. The van der Waals surface area contributed by atoms with E-state index >= 15 is 0 Å². The highest BCUT2D eigenvalue weighted by molar-refractivity contribution is 5.74. The number of nitrogens with one attached hydrogen (secondary N) is 1. The Kier molecular flexibility index (Phi) is 4.99. The van der Waals surface area contributed by atoms with Crippen molar-refractivity contribution in [1.29, 1.82) is 0 Å². The molecule has 3 heteroatoms. The zero-order valence-electron chi connectivity index (χ0n) is 9.99. The molecule has 3 N–H and O–H groups in total. The van der Waals surface area contributed by atoms with Crippen molar-refractivity contribution in [3.05, 3.63) is 35.4 Å². The molecule has 1 amide bonds. The largest absolute Gasteiger partial charge is 0.370 e. The summed E-state index contributed by atoms with van der Waals surface area (Å²) in [7, 11) is 0. The third-order valence-electron chi connectivity index (χ3n) is 2.65. The van der Waals surface area contributed by atoms with Gasteiger partial charge in [-0.1, -0.05) is 38.1 Å².